The second kappa shape index (κ2) is 6.56. The molecule has 0 bridgehead atoms. The van der Waals surface area contributed by atoms with Crippen LogP contribution < -0.4 is 4.74 Å². The average molecular weight is 318 g/mol. The Balaban J connectivity index is 1.76. The second-order valence-corrected chi connectivity index (χ2v) is 6.40. The van der Waals surface area contributed by atoms with Gasteiger partial charge in [-0.1, -0.05) is 12.8 Å². The van der Waals surface area contributed by atoms with Crippen LogP contribution in [0.2, 0.25) is 0 Å². The van der Waals surface area contributed by atoms with Gasteiger partial charge in [-0.25, -0.2) is 4.79 Å². The van der Waals surface area contributed by atoms with Gasteiger partial charge in [0.1, 0.15) is 11.8 Å². The quantitative estimate of drug-likeness (QED) is 0.919. The molecule has 1 saturated heterocycles. The highest BCUT2D eigenvalue weighted by molar-refractivity contribution is 5.87. The molecule has 0 spiro atoms. The summed E-state index contributed by atoms with van der Waals surface area (Å²) in [5, 5.41) is 9.51. The third kappa shape index (κ3) is 3.16. The van der Waals surface area contributed by atoms with Crippen LogP contribution in [0.25, 0.3) is 0 Å². The number of likely N-dealkylation sites (tertiary alicyclic amines) is 1. The molecule has 1 amide bonds. The Morgan fingerprint density at radius 1 is 1.39 bits per heavy atom. The van der Waals surface area contributed by atoms with Gasteiger partial charge in [-0.2, -0.15) is 0 Å². The maximum atomic E-state index is 12.8. The lowest BCUT2D eigenvalue weighted by Gasteiger charge is -2.34. The first-order chi connectivity index (χ1) is 11.1. The van der Waals surface area contributed by atoms with Crippen LogP contribution in [-0.2, 0) is 9.59 Å². The fourth-order valence-electron chi connectivity index (χ4n) is 3.88. The first-order valence-corrected chi connectivity index (χ1v) is 8.19. The lowest BCUT2D eigenvalue weighted by Crippen LogP contribution is -2.50. The van der Waals surface area contributed by atoms with Crippen LogP contribution >= 0.6 is 0 Å². The molecule has 0 aromatic carbocycles. The summed E-state index contributed by atoms with van der Waals surface area (Å²) in [7, 11) is 0. The number of carbonyl (C=O) groups is 2. The van der Waals surface area contributed by atoms with E-state index in [-0.39, 0.29) is 11.9 Å². The molecule has 2 heterocycles. The van der Waals surface area contributed by atoms with E-state index in [9.17, 15) is 14.7 Å². The second-order valence-electron chi connectivity index (χ2n) is 6.40. The maximum Gasteiger partial charge on any atom is 0.326 e. The molecule has 23 heavy (non-hydrogen) atoms. The van der Waals surface area contributed by atoms with Crippen molar-refractivity contribution in [3.05, 3.63) is 24.5 Å². The molecule has 4 unspecified atom stereocenters. The highest BCUT2D eigenvalue weighted by atomic mass is 16.5. The lowest BCUT2D eigenvalue weighted by atomic mass is 9.84. The van der Waals surface area contributed by atoms with Gasteiger partial charge in [0.15, 0.2) is 6.10 Å². The van der Waals surface area contributed by atoms with E-state index in [1.54, 1.807) is 36.4 Å². The van der Waals surface area contributed by atoms with Crippen LogP contribution in [0.15, 0.2) is 24.5 Å². The predicted molar refractivity (Wildman–Crippen MR) is 83.0 cm³/mol. The molecule has 4 atom stereocenters. The van der Waals surface area contributed by atoms with Crippen molar-refractivity contribution in [1.29, 1.82) is 0 Å². The lowest BCUT2D eigenvalue weighted by molar-refractivity contribution is -0.153. The van der Waals surface area contributed by atoms with Crippen molar-refractivity contribution in [2.45, 2.75) is 57.2 Å². The molecule has 1 aliphatic heterocycles. The van der Waals surface area contributed by atoms with Crippen LogP contribution in [0, 0.1) is 5.92 Å². The van der Waals surface area contributed by atoms with Gasteiger partial charge >= 0.3 is 5.97 Å². The van der Waals surface area contributed by atoms with Crippen molar-refractivity contribution in [3.8, 4) is 5.75 Å². The van der Waals surface area contributed by atoms with E-state index in [4.69, 9.17) is 4.74 Å². The summed E-state index contributed by atoms with van der Waals surface area (Å²) in [5.41, 5.74) is 0. The zero-order chi connectivity index (χ0) is 16.4. The van der Waals surface area contributed by atoms with Gasteiger partial charge in [0, 0.05) is 12.2 Å². The summed E-state index contributed by atoms with van der Waals surface area (Å²) in [6.07, 6.45) is 7.09. The van der Waals surface area contributed by atoms with E-state index in [2.05, 4.69) is 4.98 Å². The minimum Gasteiger partial charge on any atom is -0.480 e. The van der Waals surface area contributed by atoms with E-state index in [0.29, 0.717) is 18.1 Å². The van der Waals surface area contributed by atoms with E-state index in [1.165, 1.54) is 0 Å². The average Bonchev–Trinajstić information content (AvgIpc) is 2.94. The predicted octanol–water partition coefficient (Wildman–Crippen LogP) is 2.09. The summed E-state index contributed by atoms with van der Waals surface area (Å²) < 4.78 is 5.65. The fourth-order valence-corrected chi connectivity index (χ4v) is 3.88. The van der Waals surface area contributed by atoms with Crippen LogP contribution in [-0.4, -0.2) is 45.1 Å². The number of pyridine rings is 1. The van der Waals surface area contributed by atoms with Crippen LogP contribution in [0.5, 0.6) is 5.75 Å². The molecule has 6 nitrogen and oxygen atoms in total. The number of hydrogen-bond acceptors (Lipinski definition) is 4. The van der Waals surface area contributed by atoms with Crippen molar-refractivity contribution in [1.82, 2.24) is 9.88 Å². The van der Waals surface area contributed by atoms with Crippen molar-refractivity contribution >= 4 is 11.9 Å². The van der Waals surface area contributed by atoms with E-state index < -0.39 is 18.1 Å². The third-order valence-corrected chi connectivity index (χ3v) is 4.92. The van der Waals surface area contributed by atoms with Gasteiger partial charge in [0.25, 0.3) is 5.91 Å². The Morgan fingerprint density at radius 3 is 2.87 bits per heavy atom. The highest BCUT2D eigenvalue weighted by Crippen LogP contribution is 2.40. The summed E-state index contributed by atoms with van der Waals surface area (Å²) in [4.78, 5) is 30.0. The number of amides is 1. The summed E-state index contributed by atoms with van der Waals surface area (Å²) in [5.74, 6) is -0.337. The van der Waals surface area contributed by atoms with Gasteiger partial charge in [-0.05, 0) is 44.2 Å². The van der Waals surface area contributed by atoms with Crippen molar-refractivity contribution in [2.24, 2.45) is 5.92 Å². The molecule has 1 aromatic heterocycles. The van der Waals surface area contributed by atoms with Crippen molar-refractivity contribution in [2.75, 3.05) is 0 Å². The number of carbonyl (C=O) groups excluding carboxylic acids is 1. The number of fused-ring (bicyclic) bond motifs is 1. The standard InChI is InChI=1S/C17H22N2O4/c1-11(23-13-6-4-8-18-10-13)16(20)19-14-7-3-2-5-12(14)9-15(19)17(21)22/h4,6,8,10-12,14-15H,2-3,5,7,9H2,1H3,(H,21,22). The molecule has 3 rings (SSSR count). The number of carboxylic acid groups (broad SMARTS) is 1. The van der Waals surface area contributed by atoms with Crippen LogP contribution in [0.3, 0.4) is 0 Å². The first kappa shape index (κ1) is 15.8. The highest BCUT2D eigenvalue weighted by Gasteiger charge is 2.48. The minimum absolute atomic E-state index is 0.0392. The van der Waals surface area contributed by atoms with Gasteiger partial charge in [-0.15, -0.1) is 0 Å². The zero-order valence-electron chi connectivity index (χ0n) is 13.2. The Hall–Kier alpha value is -2.11. The van der Waals surface area contributed by atoms with Crippen molar-refractivity contribution in [3.63, 3.8) is 0 Å². The molecule has 2 aliphatic rings. The summed E-state index contributed by atoms with van der Waals surface area (Å²) in [6.45, 7) is 1.67. The summed E-state index contributed by atoms with van der Waals surface area (Å²) in [6, 6.07) is 2.78. The van der Waals surface area contributed by atoms with Gasteiger partial charge < -0.3 is 14.7 Å². The number of ether oxygens (including phenoxy) is 1. The Morgan fingerprint density at radius 2 is 2.17 bits per heavy atom. The van der Waals surface area contributed by atoms with Gasteiger partial charge in [-0.3, -0.25) is 9.78 Å². The summed E-state index contributed by atoms with van der Waals surface area (Å²) >= 11 is 0. The molecule has 0 radical (unpaired) electrons. The smallest absolute Gasteiger partial charge is 0.326 e. The molecule has 1 saturated carbocycles. The third-order valence-electron chi connectivity index (χ3n) is 4.92. The molecule has 1 N–H and O–H groups in total. The maximum absolute atomic E-state index is 12.8. The van der Waals surface area contributed by atoms with E-state index in [1.807, 2.05) is 0 Å². The molecule has 1 aromatic rings. The molecule has 6 heteroatoms. The zero-order valence-corrected chi connectivity index (χ0v) is 13.2. The Bertz CT molecular complexity index is 577. The SMILES string of the molecule is CC(Oc1cccnc1)C(=O)N1C(C(=O)O)CC2CCCCC21. The Labute approximate surface area is 135 Å². The molecule has 1 aliphatic carbocycles. The number of aliphatic carboxylic acids is 1. The normalized spacial score (nSPS) is 28.0. The van der Waals surface area contributed by atoms with Crippen molar-refractivity contribution < 1.29 is 19.4 Å². The molecule has 124 valence electrons. The monoisotopic (exact) mass is 318 g/mol. The number of hydrogen-bond donors (Lipinski definition) is 1. The van der Waals surface area contributed by atoms with E-state index in [0.717, 1.165) is 25.7 Å². The number of aromatic nitrogens is 1. The number of rotatable bonds is 4. The van der Waals surface area contributed by atoms with Gasteiger partial charge in [0.2, 0.25) is 0 Å². The first-order valence-electron chi connectivity index (χ1n) is 8.19. The van der Waals surface area contributed by atoms with Crippen LogP contribution in [0.1, 0.15) is 39.0 Å². The topological polar surface area (TPSA) is 79.7 Å². The number of carboxylic acids is 1. The minimum atomic E-state index is -0.915. The Kier molecular flexibility index (Phi) is 4.50. The van der Waals surface area contributed by atoms with Crippen LogP contribution in [0.4, 0.5) is 0 Å². The fraction of sp³-hybridized carbons (Fsp3) is 0.588. The van der Waals surface area contributed by atoms with E-state index >= 15 is 0 Å². The molecule has 2 fully saturated rings. The number of nitrogens with zero attached hydrogens (tertiary/aromatic N) is 2. The van der Waals surface area contributed by atoms with Gasteiger partial charge in [0.05, 0.1) is 6.20 Å². The largest absolute Gasteiger partial charge is 0.480 e. The molecular formula is C17H22N2O4. The molecular weight excluding hydrogens is 296 g/mol.